The number of carboxylic acids is 1. The Morgan fingerprint density at radius 3 is 2.84 bits per heavy atom. The van der Waals surface area contributed by atoms with Gasteiger partial charge >= 0.3 is 5.97 Å². The lowest BCUT2D eigenvalue weighted by molar-refractivity contribution is -0.149. The maximum absolute atomic E-state index is 11.8. The third-order valence-corrected chi connectivity index (χ3v) is 3.68. The molecule has 1 fully saturated rings. The molecule has 1 saturated heterocycles. The summed E-state index contributed by atoms with van der Waals surface area (Å²) in [5.74, 6) is -0.906. The lowest BCUT2D eigenvalue weighted by Crippen LogP contribution is -2.33. The number of allylic oxidation sites excluding steroid dienone is 1. The van der Waals surface area contributed by atoms with Crippen LogP contribution < -0.4 is 5.32 Å². The van der Waals surface area contributed by atoms with Crippen molar-refractivity contribution in [1.82, 2.24) is 5.32 Å². The molecule has 5 heteroatoms. The highest BCUT2D eigenvalue weighted by molar-refractivity contribution is 5.78. The largest absolute Gasteiger partial charge is 0.479 e. The Labute approximate surface area is 113 Å². The van der Waals surface area contributed by atoms with E-state index in [1.54, 1.807) is 0 Å². The molecule has 0 aromatic rings. The minimum atomic E-state index is -0.916. The van der Waals surface area contributed by atoms with Gasteiger partial charge in [-0.15, -0.1) is 0 Å². The molecule has 2 N–H and O–H groups in total. The van der Waals surface area contributed by atoms with Crippen molar-refractivity contribution in [3.05, 3.63) is 11.6 Å². The molecule has 5 nitrogen and oxygen atoms in total. The number of hydrogen-bond donors (Lipinski definition) is 2. The van der Waals surface area contributed by atoms with E-state index in [2.05, 4.69) is 11.4 Å². The molecule has 0 aromatic heterocycles. The van der Waals surface area contributed by atoms with Crippen molar-refractivity contribution in [2.75, 3.05) is 6.54 Å². The zero-order valence-corrected chi connectivity index (χ0v) is 11.1. The Bertz CT molecular complexity index is 378. The normalized spacial score (nSPS) is 26.8. The molecule has 0 radical (unpaired) electrons. The summed E-state index contributed by atoms with van der Waals surface area (Å²) in [6, 6.07) is 0. The molecule has 1 aliphatic carbocycles. The second-order valence-corrected chi connectivity index (χ2v) is 5.25. The fourth-order valence-electron chi connectivity index (χ4n) is 2.60. The lowest BCUT2D eigenvalue weighted by atomic mass is 9.97. The van der Waals surface area contributed by atoms with E-state index in [4.69, 9.17) is 9.84 Å². The topological polar surface area (TPSA) is 75.6 Å². The number of nitrogens with one attached hydrogen (secondary N) is 1. The Morgan fingerprint density at radius 2 is 2.21 bits per heavy atom. The third kappa shape index (κ3) is 4.35. The molecule has 0 aromatic carbocycles. The van der Waals surface area contributed by atoms with Crippen molar-refractivity contribution >= 4 is 11.9 Å². The van der Waals surface area contributed by atoms with Crippen molar-refractivity contribution in [3.63, 3.8) is 0 Å². The number of amides is 1. The predicted molar refractivity (Wildman–Crippen MR) is 69.7 cm³/mol. The van der Waals surface area contributed by atoms with Crippen LogP contribution in [-0.4, -0.2) is 35.7 Å². The maximum Gasteiger partial charge on any atom is 0.332 e. The number of aliphatic carboxylic acids is 1. The quantitative estimate of drug-likeness (QED) is 0.742. The molecular formula is C14H21NO4. The first kappa shape index (κ1) is 14.1. The Kier molecular flexibility index (Phi) is 4.96. The van der Waals surface area contributed by atoms with Gasteiger partial charge in [0.2, 0.25) is 5.91 Å². The smallest absolute Gasteiger partial charge is 0.332 e. The van der Waals surface area contributed by atoms with Gasteiger partial charge in [-0.2, -0.15) is 0 Å². The van der Waals surface area contributed by atoms with E-state index in [9.17, 15) is 9.59 Å². The number of ether oxygens (including phenoxy) is 1. The molecule has 0 saturated carbocycles. The summed E-state index contributed by atoms with van der Waals surface area (Å²) in [5, 5.41) is 11.6. The van der Waals surface area contributed by atoms with Gasteiger partial charge in [-0.25, -0.2) is 4.79 Å². The standard InChI is InChI=1S/C14H21NO4/c16-13(8-10-4-2-1-3-5-10)15-9-11-6-7-12(19-11)14(17)18/h4,11-12H,1-3,5-9H2,(H,15,16)(H,17,18). The number of carbonyl (C=O) groups is 2. The third-order valence-electron chi connectivity index (χ3n) is 3.68. The van der Waals surface area contributed by atoms with Crippen LogP contribution in [0.15, 0.2) is 11.6 Å². The highest BCUT2D eigenvalue weighted by Crippen LogP contribution is 2.21. The van der Waals surface area contributed by atoms with Gasteiger partial charge in [0, 0.05) is 13.0 Å². The number of hydrogen-bond acceptors (Lipinski definition) is 3. The lowest BCUT2D eigenvalue weighted by Gasteiger charge is -2.15. The van der Waals surface area contributed by atoms with Crippen LogP contribution in [0.5, 0.6) is 0 Å². The van der Waals surface area contributed by atoms with Crippen molar-refractivity contribution in [2.45, 2.75) is 57.2 Å². The van der Waals surface area contributed by atoms with Crippen LogP contribution in [0, 0.1) is 0 Å². The van der Waals surface area contributed by atoms with Crippen LogP contribution in [0.25, 0.3) is 0 Å². The van der Waals surface area contributed by atoms with Gasteiger partial charge in [-0.1, -0.05) is 11.6 Å². The fraction of sp³-hybridized carbons (Fsp3) is 0.714. The summed E-state index contributed by atoms with van der Waals surface area (Å²) in [5.41, 5.74) is 1.22. The molecule has 0 spiro atoms. The van der Waals surface area contributed by atoms with Crippen LogP contribution in [0.3, 0.4) is 0 Å². The SMILES string of the molecule is O=C(CC1=CCCCC1)NCC1CCC(C(=O)O)O1. The van der Waals surface area contributed by atoms with E-state index in [1.807, 2.05) is 0 Å². The zero-order chi connectivity index (χ0) is 13.7. The Morgan fingerprint density at radius 1 is 1.37 bits per heavy atom. The average molecular weight is 267 g/mol. The summed E-state index contributed by atoms with van der Waals surface area (Å²) >= 11 is 0. The average Bonchev–Trinajstić information content (AvgIpc) is 2.86. The van der Waals surface area contributed by atoms with E-state index in [1.165, 1.54) is 18.4 Å². The summed E-state index contributed by atoms with van der Waals surface area (Å²) in [6.07, 6.45) is 7.48. The van der Waals surface area contributed by atoms with Crippen LogP contribution in [0.1, 0.15) is 44.9 Å². The summed E-state index contributed by atoms with van der Waals surface area (Å²) in [4.78, 5) is 22.5. The summed E-state index contributed by atoms with van der Waals surface area (Å²) in [7, 11) is 0. The Balaban J connectivity index is 1.66. The van der Waals surface area contributed by atoms with Crippen molar-refractivity contribution < 1.29 is 19.4 Å². The van der Waals surface area contributed by atoms with Crippen LogP contribution >= 0.6 is 0 Å². The molecule has 2 aliphatic rings. The van der Waals surface area contributed by atoms with Gasteiger partial charge in [-0.05, 0) is 38.5 Å². The zero-order valence-electron chi connectivity index (χ0n) is 11.1. The van der Waals surface area contributed by atoms with Crippen LogP contribution in [-0.2, 0) is 14.3 Å². The molecular weight excluding hydrogens is 246 g/mol. The molecule has 1 aliphatic heterocycles. The van der Waals surface area contributed by atoms with Gasteiger partial charge in [0.25, 0.3) is 0 Å². The van der Waals surface area contributed by atoms with Crippen molar-refractivity contribution in [1.29, 1.82) is 0 Å². The minimum absolute atomic E-state index is 0.00975. The highest BCUT2D eigenvalue weighted by Gasteiger charge is 2.30. The van der Waals surface area contributed by atoms with E-state index >= 15 is 0 Å². The Hall–Kier alpha value is -1.36. The first-order valence-electron chi connectivity index (χ1n) is 6.98. The fourth-order valence-corrected chi connectivity index (χ4v) is 2.60. The monoisotopic (exact) mass is 267 g/mol. The molecule has 106 valence electrons. The van der Waals surface area contributed by atoms with E-state index in [-0.39, 0.29) is 12.0 Å². The second-order valence-electron chi connectivity index (χ2n) is 5.25. The molecule has 1 amide bonds. The number of rotatable bonds is 5. The van der Waals surface area contributed by atoms with E-state index in [0.29, 0.717) is 25.8 Å². The molecule has 1 heterocycles. The van der Waals surface area contributed by atoms with Crippen LogP contribution in [0.4, 0.5) is 0 Å². The van der Waals surface area contributed by atoms with Crippen LogP contribution in [0.2, 0.25) is 0 Å². The van der Waals surface area contributed by atoms with E-state index in [0.717, 1.165) is 12.8 Å². The number of carbonyl (C=O) groups excluding carboxylic acids is 1. The highest BCUT2D eigenvalue weighted by atomic mass is 16.5. The maximum atomic E-state index is 11.8. The van der Waals surface area contributed by atoms with Crippen molar-refractivity contribution in [3.8, 4) is 0 Å². The van der Waals surface area contributed by atoms with E-state index < -0.39 is 12.1 Å². The van der Waals surface area contributed by atoms with Crippen molar-refractivity contribution in [2.24, 2.45) is 0 Å². The molecule has 0 bridgehead atoms. The predicted octanol–water partition coefficient (Wildman–Crippen LogP) is 1.63. The first-order valence-corrected chi connectivity index (χ1v) is 6.98. The van der Waals surface area contributed by atoms with Gasteiger partial charge in [0.1, 0.15) is 0 Å². The van der Waals surface area contributed by atoms with Gasteiger partial charge in [0.15, 0.2) is 6.10 Å². The molecule has 2 atom stereocenters. The first-order chi connectivity index (χ1) is 9.15. The molecule has 19 heavy (non-hydrogen) atoms. The summed E-state index contributed by atoms with van der Waals surface area (Å²) < 4.78 is 5.33. The molecule has 2 unspecified atom stereocenters. The summed E-state index contributed by atoms with van der Waals surface area (Å²) in [6.45, 7) is 0.413. The number of carboxylic acid groups (broad SMARTS) is 1. The van der Waals surface area contributed by atoms with Gasteiger partial charge < -0.3 is 15.2 Å². The van der Waals surface area contributed by atoms with Gasteiger partial charge in [0.05, 0.1) is 6.10 Å². The second kappa shape index (κ2) is 6.70. The molecule has 2 rings (SSSR count). The van der Waals surface area contributed by atoms with Gasteiger partial charge in [-0.3, -0.25) is 4.79 Å². The minimum Gasteiger partial charge on any atom is -0.479 e.